The van der Waals surface area contributed by atoms with Crippen molar-refractivity contribution in [3.8, 4) is 0 Å². The molecule has 0 atom stereocenters. The van der Waals surface area contributed by atoms with Crippen LogP contribution in [-0.4, -0.2) is 18.1 Å². The molecule has 0 saturated carbocycles. The number of oxazole rings is 1. The molecule has 1 aromatic heterocycles. The lowest BCUT2D eigenvalue weighted by atomic mass is 10.2. The van der Waals surface area contributed by atoms with E-state index in [0.717, 1.165) is 16.4 Å². The third-order valence-electron chi connectivity index (χ3n) is 2.17. The predicted octanol–water partition coefficient (Wildman–Crippen LogP) is 2.44. The predicted molar refractivity (Wildman–Crippen MR) is 62.4 cm³/mol. The van der Waals surface area contributed by atoms with Crippen molar-refractivity contribution >= 4 is 33.0 Å². The van der Waals surface area contributed by atoms with E-state index >= 15 is 0 Å². The maximum absolute atomic E-state index is 11.1. The van der Waals surface area contributed by atoms with E-state index in [1.807, 2.05) is 18.2 Å². The molecule has 84 valence electrons. The smallest absolute Gasteiger partial charge is 0.314 e. The Morgan fingerprint density at radius 1 is 1.56 bits per heavy atom. The van der Waals surface area contributed by atoms with E-state index in [2.05, 4.69) is 25.7 Å². The van der Waals surface area contributed by atoms with Crippen molar-refractivity contribution in [2.45, 2.75) is 11.8 Å². The number of ether oxygens (including phenoxy) is 1. The Morgan fingerprint density at radius 3 is 3.06 bits per heavy atom. The van der Waals surface area contributed by atoms with E-state index in [4.69, 9.17) is 4.42 Å². The van der Waals surface area contributed by atoms with Crippen LogP contribution in [0.1, 0.15) is 11.5 Å². The zero-order valence-electron chi connectivity index (χ0n) is 8.70. The highest BCUT2D eigenvalue weighted by Crippen LogP contribution is 2.19. The summed E-state index contributed by atoms with van der Waals surface area (Å²) in [5, 5.41) is 0.760. The van der Waals surface area contributed by atoms with Crippen molar-refractivity contribution in [1.29, 1.82) is 0 Å². The van der Waals surface area contributed by atoms with Crippen LogP contribution in [0, 0.1) is 0 Å². The first-order valence-corrected chi connectivity index (χ1v) is 5.86. The summed E-state index contributed by atoms with van der Waals surface area (Å²) in [5.41, 5.74) is 2.55. The summed E-state index contributed by atoms with van der Waals surface area (Å²) in [4.78, 5) is 15.2. The number of fused-ring (bicyclic) bond motifs is 1. The van der Waals surface area contributed by atoms with Crippen LogP contribution in [0.25, 0.3) is 11.1 Å². The van der Waals surface area contributed by atoms with Crippen molar-refractivity contribution in [3.05, 3.63) is 29.7 Å². The van der Waals surface area contributed by atoms with Gasteiger partial charge in [0.15, 0.2) is 5.58 Å². The molecule has 0 fully saturated rings. The van der Waals surface area contributed by atoms with Crippen LogP contribution in [0.4, 0.5) is 0 Å². The first kappa shape index (κ1) is 11.1. The third kappa shape index (κ3) is 2.24. The van der Waals surface area contributed by atoms with E-state index in [1.54, 1.807) is 0 Å². The fourth-order valence-corrected chi connectivity index (χ4v) is 1.72. The summed E-state index contributed by atoms with van der Waals surface area (Å²) in [7, 11) is 1.34. The first-order chi connectivity index (χ1) is 7.72. The molecule has 0 spiro atoms. The lowest BCUT2D eigenvalue weighted by molar-refractivity contribution is -0.140. The molecule has 0 saturated heterocycles. The van der Waals surface area contributed by atoms with E-state index in [0.29, 0.717) is 11.5 Å². The number of carbonyl (C=O) groups excluding carboxylic acids is 1. The molecule has 0 aliphatic heterocycles. The van der Waals surface area contributed by atoms with Crippen LogP contribution in [-0.2, 0) is 21.3 Å². The van der Waals surface area contributed by atoms with Crippen LogP contribution in [0.15, 0.2) is 22.6 Å². The summed E-state index contributed by atoms with van der Waals surface area (Å²) in [5.74, 6) is 0.0286. The number of esters is 1. The topological polar surface area (TPSA) is 52.3 Å². The fraction of sp³-hybridized carbons (Fsp3) is 0.273. The summed E-state index contributed by atoms with van der Waals surface area (Å²) >= 11 is 3.37. The SMILES string of the molecule is COC(=O)Cc1nc2ccc(CBr)cc2o1. The second-order valence-electron chi connectivity index (χ2n) is 3.30. The number of rotatable bonds is 3. The highest BCUT2D eigenvalue weighted by atomic mass is 79.9. The Kier molecular flexibility index (Phi) is 3.24. The van der Waals surface area contributed by atoms with E-state index in [9.17, 15) is 4.79 Å². The maximum Gasteiger partial charge on any atom is 0.314 e. The molecule has 16 heavy (non-hydrogen) atoms. The van der Waals surface area contributed by atoms with Crippen LogP contribution in [0.5, 0.6) is 0 Å². The van der Waals surface area contributed by atoms with Gasteiger partial charge in [-0.25, -0.2) is 4.98 Å². The monoisotopic (exact) mass is 283 g/mol. The van der Waals surface area contributed by atoms with Gasteiger partial charge in [0.05, 0.1) is 7.11 Å². The number of hydrogen-bond donors (Lipinski definition) is 0. The van der Waals surface area contributed by atoms with E-state index in [1.165, 1.54) is 7.11 Å². The van der Waals surface area contributed by atoms with Crippen molar-refractivity contribution in [2.24, 2.45) is 0 Å². The molecule has 0 amide bonds. The van der Waals surface area contributed by atoms with Gasteiger partial charge in [0.2, 0.25) is 5.89 Å². The standard InChI is InChI=1S/C11H10BrNO3/c1-15-11(14)5-10-13-8-3-2-7(6-12)4-9(8)16-10/h2-4H,5-6H2,1H3. The van der Waals surface area contributed by atoms with Gasteiger partial charge in [-0.15, -0.1) is 0 Å². The zero-order chi connectivity index (χ0) is 11.5. The van der Waals surface area contributed by atoms with Gasteiger partial charge in [0.1, 0.15) is 11.9 Å². The summed E-state index contributed by atoms with van der Waals surface area (Å²) in [6.45, 7) is 0. The van der Waals surface area contributed by atoms with Gasteiger partial charge < -0.3 is 9.15 Å². The Bertz CT molecular complexity index is 521. The highest BCUT2D eigenvalue weighted by Gasteiger charge is 2.10. The van der Waals surface area contributed by atoms with Crippen molar-refractivity contribution < 1.29 is 13.9 Å². The average Bonchev–Trinajstić information content (AvgIpc) is 2.69. The van der Waals surface area contributed by atoms with Crippen LogP contribution in [0.3, 0.4) is 0 Å². The number of aromatic nitrogens is 1. The molecule has 0 aliphatic carbocycles. The van der Waals surface area contributed by atoms with Crippen LogP contribution in [0.2, 0.25) is 0 Å². The molecule has 0 radical (unpaired) electrons. The normalized spacial score (nSPS) is 10.6. The molecule has 5 heteroatoms. The first-order valence-electron chi connectivity index (χ1n) is 4.74. The van der Waals surface area contributed by atoms with Gasteiger partial charge in [0, 0.05) is 5.33 Å². The summed E-state index contributed by atoms with van der Waals surface area (Å²) in [6.07, 6.45) is 0.0643. The second-order valence-corrected chi connectivity index (χ2v) is 3.86. The minimum atomic E-state index is -0.354. The highest BCUT2D eigenvalue weighted by molar-refractivity contribution is 9.08. The van der Waals surface area contributed by atoms with Gasteiger partial charge in [0.25, 0.3) is 0 Å². The molecule has 1 heterocycles. The largest absolute Gasteiger partial charge is 0.469 e. The van der Waals surface area contributed by atoms with Crippen molar-refractivity contribution in [1.82, 2.24) is 4.98 Å². The number of nitrogens with zero attached hydrogens (tertiary/aromatic N) is 1. The van der Waals surface area contributed by atoms with Gasteiger partial charge in [-0.1, -0.05) is 22.0 Å². The lowest BCUT2D eigenvalue weighted by Gasteiger charge is -1.93. The minimum absolute atomic E-state index is 0.0643. The van der Waals surface area contributed by atoms with Crippen molar-refractivity contribution in [3.63, 3.8) is 0 Å². The number of alkyl halides is 1. The Hall–Kier alpha value is -1.36. The molecule has 2 rings (SSSR count). The van der Waals surface area contributed by atoms with Crippen LogP contribution >= 0.6 is 15.9 Å². The molecule has 0 bridgehead atoms. The van der Waals surface area contributed by atoms with Gasteiger partial charge >= 0.3 is 5.97 Å². The minimum Gasteiger partial charge on any atom is -0.469 e. The zero-order valence-corrected chi connectivity index (χ0v) is 10.3. The third-order valence-corrected chi connectivity index (χ3v) is 2.82. The summed E-state index contributed by atoms with van der Waals surface area (Å²) < 4.78 is 10.00. The molecule has 0 aliphatic rings. The Balaban J connectivity index is 2.32. The van der Waals surface area contributed by atoms with E-state index in [-0.39, 0.29) is 12.4 Å². The maximum atomic E-state index is 11.1. The molecule has 0 unspecified atom stereocenters. The number of carbonyl (C=O) groups is 1. The van der Waals surface area contributed by atoms with E-state index < -0.39 is 0 Å². The number of benzene rings is 1. The molecular weight excluding hydrogens is 274 g/mol. The number of hydrogen-bond acceptors (Lipinski definition) is 4. The van der Waals surface area contributed by atoms with Gasteiger partial charge in [-0.3, -0.25) is 4.79 Å². The van der Waals surface area contributed by atoms with Crippen LogP contribution < -0.4 is 0 Å². The molecule has 1 aromatic carbocycles. The lowest BCUT2D eigenvalue weighted by Crippen LogP contribution is -2.04. The molecule has 4 nitrogen and oxygen atoms in total. The van der Waals surface area contributed by atoms with Crippen molar-refractivity contribution in [2.75, 3.05) is 7.11 Å². The molecule has 2 aromatic rings. The fourth-order valence-electron chi connectivity index (χ4n) is 1.37. The number of halogens is 1. The average molecular weight is 284 g/mol. The molecular formula is C11H10BrNO3. The molecule has 0 N–H and O–H groups in total. The quantitative estimate of drug-likeness (QED) is 0.641. The van der Waals surface area contributed by atoms with Gasteiger partial charge in [-0.2, -0.15) is 0 Å². The summed E-state index contributed by atoms with van der Waals surface area (Å²) in [6, 6.07) is 5.73. The Labute approximate surface area is 101 Å². The second kappa shape index (κ2) is 4.65. The van der Waals surface area contributed by atoms with Gasteiger partial charge in [-0.05, 0) is 17.7 Å². The number of methoxy groups -OCH3 is 1. The Morgan fingerprint density at radius 2 is 2.38 bits per heavy atom.